The molecule has 4 heteroatoms. The van der Waals surface area contributed by atoms with Gasteiger partial charge in [-0.3, -0.25) is 0 Å². The lowest BCUT2D eigenvalue weighted by atomic mass is 10.2. The van der Waals surface area contributed by atoms with Crippen LogP contribution < -0.4 is 5.73 Å². The Bertz CT molecular complexity index is 378. The minimum atomic E-state index is 0.728. The molecule has 14 heavy (non-hydrogen) atoms. The molecule has 2 N–H and O–H groups in total. The van der Waals surface area contributed by atoms with Crippen LogP contribution in [-0.4, -0.2) is 16.3 Å². The van der Waals surface area contributed by atoms with Crippen LogP contribution in [0, 0.1) is 0 Å². The zero-order chi connectivity index (χ0) is 9.80. The Hall–Kier alpha value is -1.13. The smallest absolute Gasteiger partial charge is 0.117 e. The maximum atomic E-state index is 5.45. The molecule has 2 heterocycles. The van der Waals surface area contributed by atoms with E-state index >= 15 is 0 Å². The highest BCUT2D eigenvalue weighted by molar-refractivity contribution is 7.12. The van der Waals surface area contributed by atoms with Crippen LogP contribution in [0.15, 0.2) is 29.8 Å². The van der Waals surface area contributed by atoms with E-state index in [0.717, 1.165) is 30.1 Å². The predicted octanol–water partition coefficient (Wildman–Crippen LogP) is 1.83. The monoisotopic (exact) mass is 207 g/mol. The number of rotatable bonds is 4. The highest BCUT2D eigenvalue weighted by Crippen LogP contribution is 2.14. The molecule has 0 atom stereocenters. The van der Waals surface area contributed by atoms with Crippen LogP contribution in [0.4, 0.5) is 0 Å². The number of hydrogen-bond acceptors (Lipinski definition) is 3. The summed E-state index contributed by atoms with van der Waals surface area (Å²) in [6, 6.07) is 6.14. The first-order valence-corrected chi connectivity index (χ1v) is 5.56. The Balaban J connectivity index is 2.10. The second kappa shape index (κ2) is 4.39. The van der Waals surface area contributed by atoms with Crippen molar-refractivity contribution in [2.75, 3.05) is 6.54 Å². The molecule has 0 spiro atoms. The summed E-state index contributed by atoms with van der Waals surface area (Å²) in [5, 5.41) is 7.67. The third kappa shape index (κ3) is 2.02. The molecular weight excluding hydrogens is 194 g/mol. The molecule has 0 radical (unpaired) electrons. The fourth-order valence-electron chi connectivity index (χ4n) is 1.30. The molecule has 0 unspecified atom stereocenters. The van der Waals surface area contributed by atoms with E-state index in [-0.39, 0.29) is 0 Å². The maximum Gasteiger partial charge on any atom is 0.117 e. The van der Waals surface area contributed by atoms with Gasteiger partial charge in [0.15, 0.2) is 0 Å². The van der Waals surface area contributed by atoms with E-state index in [1.165, 1.54) is 0 Å². The minimum Gasteiger partial charge on any atom is -0.330 e. The van der Waals surface area contributed by atoms with E-state index in [9.17, 15) is 0 Å². The van der Waals surface area contributed by atoms with Crippen molar-refractivity contribution in [1.29, 1.82) is 0 Å². The minimum absolute atomic E-state index is 0.728. The van der Waals surface area contributed by atoms with Gasteiger partial charge in [-0.05, 0) is 43.0 Å². The van der Waals surface area contributed by atoms with Crippen LogP contribution in [0.25, 0.3) is 5.00 Å². The number of nitrogens with zero attached hydrogens (tertiary/aromatic N) is 2. The lowest BCUT2D eigenvalue weighted by Crippen LogP contribution is -2.01. The molecule has 0 aliphatic heterocycles. The van der Waals surface area contributed by atoms with Crippen LogP contribution >= 0.6 is 11.3 Å². The van der Waals surface area contributed by atoms with Gasteiger partial charge in [0.25, 0.3) is 0 Å². The zero-order valence-corrected chi connectivity index (χ0v) is 8.70. The van der Waals surface area contributed by atoms with Crippen LogP contribution in [0.1, 0.15) is 12.1 Å². The molecule has 0 amide bonds. The van der Waals surface area contributed by atoms with Crippen molar-refractivity contribution in [1.82, 2.24) is 9.78 Å². The number of hydrogen-bond donors (Lipinski definition) is 1. The van der Waals surface area contributed by atoms with Gasteiger partial charge in [0.1, 0.15) is 5.00 Å². The number of thiophene rings is 1. The average molecular weight is 207 g/mol. The summed E-state index contributed by atoms with van der Waals surface area (Å²) in [6.07, 6.45) is 3.97. The fourth-order valence-corrected chi connectivity index (χ4v) is 1.96. The molecule has 3 nitrogen and oxygen atoms in total. The Morgan fingerprint density at radius 1 is 1.43 bits per heavy atom. The lowest BCUT2D eigenvalue weighted by molar-refractivity contribution is 0.779. The first-order valence-electron chi connectivity index (χ1n) is 4.68. The predicted molar refractivity (Wildman–Crippen MR) is 58.8 cm³/mol. The molecular formula is C10H13N3S. The van der Waals surface area contributed by atoms with E-state index in [2.05, 4.69) is 22.6 Å². The van der Waals surface area contributed by atoms with E-state index in [1.54, 1.807) is 11.3 Å². The third-order valence-corrected chi connectivity index (χ3v) is 2.87. The van der Waals surface area contributed by atoms with Crippen molar-refractivity contribution in [2.45, 2.75) is 12.8 Å². The Labute approximate surface area is 87.2 Å². The molecule has 0 saturated heterocycles. The van der Waals surface area contributed by atoms with Gasteiger partial charge >= 0.3 is 0 Å². The van der Waals surface area contributed by atoms with Gasteiger partial charge in [-0.15, -0.1) is 11.3 Å². The lowest BCUT2D eigenvalue weighted by Gasteiger charge is -1.95. The van der Waals surface area contributed by atoms with E-state index in [1.807, 2.05) is 16.9 Å². The normalized spacial score (nSPS) is 10.6. The van der Waals surface area contributed by atoms with E-state index in [4.69, 9.17) is 5.73 Å². The molecule has 0 fully saturated rings. The van der Waals surface area contributed by atoms with Gasteiger partial charge in [0.05, 0.1) is 5.69 Å². The number of aryl methyl sites for hydroxylation is 1. The van der Waals surface area contributed by atoms with Gasteiger partial charge in [0.2, 0.25) is 0 Å². The molecule has 0 aromatic carbocycles. The summed E-state index contributed by atoms with van der Waals surface area (Å²) in [7, 11) is 0. The molecule has 2 rings (SSSR count). The Morgan fingerprint density at radius 2 is 2.36 bits per heavy atom. The van der Waals surface area contributed by atoms with Gasteiger partial charge in [-0.2, -0.15) is 5.10 Å². The number of nitrogens with two attached hydrogens (primary N) is 1. The topological polar surface area (TPSA) is 43.8 Å². The Morgan fingerprint density at radius 3 is 3.07 bits per heavy atom. The average Bonchev–Trinajstić information content (AvgIpc) is 2.85. The van der Waals surface area contributed by atoms with Gasteiger partial charge in [0, 0.05) is 6.20 Å². The quantitative estimate of drug-likeness (QED) is 0.831. The molecule has 74 valence electrons. The van der Waals surface area contributed by atoms with Crippen molar-refractivity contribution in [3.8, 4) is 5.00 Å². The van der Waals surface area contributed by atoms with Crippen molar-refractivity contribution in [3.05, 3.63) is 35.5 Å². The summed E-state index contributed by atoms with van der Waals surface area (Å²) in [5.41, 5.74) is 6.56. The first-order chi connectivity index (χ1) is 6.90. The maximum absolute atomic E-state index is 5.45. The molecule has 0 saturated carbocycles. The number of aromatic nitrogens is 2. The van der Waals surface area contributed by atoms with Crippen LogP contribution in [0.3, 0.4) is 0 Å². The van der Waals surface area contributed by atoms with Gasteiger partial charge in [-0.1, -0.05) is 0 Å². The summed E-state index contributed by atoms with van der Waals surface area (Å²) >= 11 is 1.69. The summed E-state index contributed by atoms with van der Waals surface area (Å²) < 4.78 is 1.91. The molecule has 0 aliphatic rings. The summed E-state index contributed by atoms with van der Waals surface area (Å²) in [4.78, 5) is 0. The van der Waals surface area contributed by atoms with Crippen molar-refractivity contribution in [3.63, 3.8) is 0 Å². The van der Waals surface area contributed by atoms with Crippen molar-refractivity contribution < 1.29 is 0 Å². The highest BCUT2D eigenvalue weighted by Gasteiger charge is 2.00. The third-order valence-electron chi connectivity index (χ3n) is 2.01. The second-order valence-corrected chi connectivity index (χ2v) is 4.02. The molecule has 0 aliphatic carbocycles. The van der Waals surface area contributed by atoms with E-state index in [0.29, 0.717) is 0 Å². The summed E-state index contributed by atoms with van der Waals surface area (Å²) in [6.45, 7) is 0.728. The zero-order valence-electron chi connectivity index (χ0n) is 7.89. The second-order valence-electron chi connectivity index (χ2n) is 3.10. The molecule has 2 aromatic rings. The van der Waals surface area contributed by atoms with Crippen LogP contribution in [0.5, 0.6) is 0 Å². The van der Waals surface area contributed by atoms with E-state index < -0.39 is 0 Å². The SMILES string of the molecule is NCCCc1ccn(-c2cccs2)n1. The van der Waals surface area contributed by atoms with Gasteiger partial charge in [-0.25, -0.2) is 4.68 Å². The highest BCUT2D eigenvalue weighted by atomic mass is 32.1. The molecule has 0 bridgehead atoms. The fraction of sp³-hybridized carbons (Fsp3) is 0.300. The first kappa shape index (κ1) is 9.43. The molecule has 2 aromatic heterocycles. The standard InChI is InChI=1S/C10H13N3S/c11-6-1-3-9-5-7-13(12-9)10-4-2-8-14-10/h2,4-5,7-8H,1,3,6,11H2. The Kier molecular flexibility index (Phi) is 2.96. The van der Waals surface area contributed by atoms with Crippen LogP contribution in [0.2, 0.25) is 0 Å². The van der Waals surface area contributed by atoms with Crippen LogP contribution in [-0.2, 0) is 6.42 Å². The summed E-state index contributed by atoms with van der Waals surface area (Å²) in [5.74, 6) is 0. The largest absolute Gasteiger partial charge is 0.330 e. The van der Waals surface area contributed by atoms with Gasteiger partial charge < -0.3 is 5.73 Å². The van der Waals surface area contributed by atoms with Crippen molar-refractivity contribution in [2.24, 2.45) is 5.73 Å². The van der Waals surface area contributed by atoms with Crippen molar-refractivity contribution >= 4 is 11.3 Å².